The number of halogens is 4. The van der Waals surface area contributed by atoms with Crippen molar-refractivity contribution < 1.29 is 27.1 Å². The second-order valence-corrected chi connectivity index (χ2v) is 6.04. The molecule has 10 heteroatoms. The molecule has 25 heavy (non-hydrogen) atoms. The van der Waals surface area contributed by atoms with Gasteiger partial charge in [0.15, 0.2) is 0 Å². The van der Waals surface area contributed by atoms with Crippen molar-refractivity contribution in [2.75, 3.05) is 13.7 Å². The first-order chi connectivity index (χ1) is 11.7. The lowest BCUT2D eigenvalue weighted by Gasteiger charge is -2.10. The van der Waals surface area contributed by atoms with Gasteiger partial charge in [0.2, 0.25) is 5.88 Å². The van der Waals surface area contributed by atoms with Crippen molar-refractivity contribution >= 4 is 17.7 Å². The number of amides is 1. The molecule has 0 spiro atoms. The second kappa shape index (κ2) is 7.77. The standard InChI is InChI=1S/C15H15F4N3O2S/c1-9-12(25-11-5-3-10(16)4-6-11)13(24-2)22(21-9)8-7-20-14(23)15(17,18)19/h3-6H,7-8H2,1-2H3,(H,20,23). The van der Waals surface area contributed by atoms with Crippen LogP contribution in [0.4, 0.5) is 17.6 Å². The number of hydrogen-bond donors (Lipinski definition) is 1. The Morgan fingerprint density at radius 1 is 1.32 bits per heavy atom. The van der Waals surface area contributed by atoms with Gasteiger partial charge in [0.25, 0.3) is 0 Å². The molecule has 5 nitrogen and oxygen atoms in total. The van der Waals surface area contributed by atoms with Crippen LogP contribution in [0, 0.1) is 12.7 Å². The van der Waals surface area contributed by atoms with Crippen molar-refractivity contribution in [2.24, 2.45) is 0 Å². The monoisotopic (exact) mass is 377 g/mol. The lowest BCUT2D eigenvalue weighted by Crippen LogP contribution is -2.38. The fraction of sp³-hybridized carbons (Fsp3) is 0.333. The Morgan fingerprint density at radius 3 is 2.52 bits per heavy atom. The van der Waals surface area contributed by atoms with Crippen LogP contribution in [-0.4, -0.2) is 35.5 Å². The first-order valence-corrected chi connectivity index (χ1v) is 7.94. The average molecular weight is 377 g/mol. The van der Waals surface area contributed by atoms with Gasteiger partial charge in [-0.25, -0.2) is 9.07 Å². The predicted molar refractivity (Wildman–Crippen MR) is 83.1 cm³/mol. The van der Waals surface area contributed by atoms with Crippen molar-refractivity contribution in [3.8, 4) is 5.88 Å². The zero-order valence-corrected chi connectivity index (χ0v) is 14.2. The molecular weight excluding hydrogens is 362 g/mol. The van der Waals surface area contributed by atoms with Crippen molar-refractivity contribution in [2.45, 2.75) is 29.4 Å². The maximum Gasteiger partial charge on any atom is 0.471 e. The molecule has 0 atom stereocenters. The SMILES string of the molecule is COc1c(Sc2ccc(F)cc2)c(C)nn1CCNC(=O)C(F)(F)F. The molecule has 0 saturated carbocycles. The maximum atomic E-state index is 13.0. The minimum atomic E-state index is -4.92. The summed E-state index contributed by atoms with van der Waals surface area (Å²) in [4.78, 5) is 12.2. The number of carbonyl (C=O) groups excluding carboxylic acids is 1. The minimum Gasteiger partial charge on any atom is -0.480 e. The third-order valence-corrected chi connectivity index (χ3v) is 4.30. The van der Waals surface area contributed by atoms with E-state index in [1.54, 1.807) is 24.4 Å². The lowest BCUT2D eigenvalue weighted by atomic mass is 10.4. The van der Waals surface area contributed by atoms with Gasteiger partial charge in [-0.15, -0.1) is 0 Å². The average Bonchev–Trinajstić information content (AvgIpc) is 2.83. The Kier molecular flexibility index (Phi) is 5.93. The van der Waals surface area contributed by atoms with Gasteiger partial charge in [-0.1, -0.05) is 11.8 Å². The molecule has 2 rings (SSSR count). The third-order valence-electron chi connectivity index (χ3n) is 3.12. The highest BCUT2D eigenvalue weighted by molar-refractivity contribution is 7.99. The van der Waals surface area contributed by atoms with E-state index in [-0.39, 0.29) is 18.9 Å². The zero-order valence-electron chi connectivity index (χ0n) is 13.4. The van der Waals surface area contributed by atoms with Crippen LogP contribution in [0.15, 0.2) is 34.1 Å². The summed E-state index contributed by atoms with van der Waals surface area (Å²) in [7, 11) is 1.41. The molecule has 1 amide bonds. The molecule has 0 aliphatic carbocycles. The number of methoxy groups -OCH3 is 1. The number of carbonyl (C=O) groups is 1. The highest BCUT2D eigenvalue weighted by Gasteiger charge is 2.38. The summed E-state index contributed by atoms with van der Waals surface area (Å²) in [6.07, 6.45) is -4.92. The number of rotatable bonds is 6. The fourth-order valence-electron chi connectivity index (χ4n) is 2.01. The molecule has 0 aliphatic heterocycles. The predicted octanol–water partition coefficient (Wildman–Crippen LogP) is 3.17. The van der Waals surface area contributed by atoms with Gasteiger partial charge < -0.3 is 10.1 Å². The number of nitrogens with zero attached hydrogens (tertiary/aromatic N) is 2. The number of ether oxygens (including phenoxy) is 1. The van der Waals surface area contributed by atoms with Crippen LogP contribution in [-0.2, 0) is 11.3 Å². The van der Waals surface area contributed by atoms with Gasteiger partial charge >= 0.3 is 12.1 Å². The van der Waals surface area contributed by atoms with Crippen molar-refractivity contribution in [1.82, 2.24) is 15.1 Å². The van der Waals surface area contributed by atoms with Crippen LogP contribution >= 0.6 is 11.8 Å². The zero-order chi connectivity index (χ0) is 18.6. The van der Waals surface area contributed by atoms with Gasteiger partial charge in [0, 0.05) is 11.4 Å². The van der Waals surface area contributed by atoms with Crippen LogP contribution in [0.3, 0.4) is 0 Å². The molecule has 136 valence electrons. The third kappa shape index (κ3) is 4.88. The number of benzene rings is 1. The van der Waals surface area contributed by atoms with E-state index >= 15 is 0 Å². The van der Waals surface area contributed by atoms with E-state index in [0.29, 0.717) is 16.5 Å². The molecule has 0 radical (unpaired) electrons. The Bertz CT molecular complexity index is 744. The molecule has 0 unspecified atom stereocenters. The summed E-state index contributed by atoms with van der Waals surface area (Å²) >= 11 is 1.30. The van der Waals surface area contributed by atoms with E-state index in [4.69, 9.17) is 4.74 Å². The molecule has 1 heterocycles. The van der Waals surface area contributed by atoms with Gasteiger partial charge in [-0.2, -0.15) is 18.3 Å². The van der Waals surface area contributed by atoms with Gasteiger partial charge in [0.05, 0.1) is 24.2 Å². The molecule has 0 bridgehead atoms. The van der Waals surface area contributed by atoms with Gasteiger partial charge in [0.1, 0.15) is 5.82 Å². The topological polar surface area (TPSA) is 56.1 Å². The highest BCUT2D eigenvalue weighted by atomic mass is 32.2. The lowest BCUT2D eigenvalue weighted by molar-refractivity contribution is -0.173. The normalized spacial score (nSPS) is 11.4. The smallest absolute Gasteiger partial charge is 0.471 e. The Balaban J connectivity index is 2.10. The fourth-order valence-corrected chi connectivity index (χ4v) is 2.98. The Labute approximate surface area is 145 Å². The molecule has 1 N–H and O–H groups in total. The Hall–Kier alpha value is -2.23. The van der Waals surface area contributed by atoms with Crippen molar-refractivity contribution in [3.05, 3.63) is 35.8 Å². The molecule has 1 aromatic heterocycles. The summed E-state index contributed by atoms with van der Waals surface area (Å²) in [5, 5.41) is 6.00. The van der Waals surface area contributed by atoms with E-state index in [9.17, 15) is 22.4 Å². The number of aromatic nitrogens is 2. The van der Waals surface area contributed by atoms with Crippen LogP contribution < -0.4 is 10.1 Å². The molecule has 2 aromatic rings. The van der Waals surface area contributed by atoms with E-state index < -0.39 is 12.1 Å². The van der Waals surface area contributed by atoms with Gasteiger partial charge in [-0.05, 0) is 31.2 Å². The largest absolute Gasteiger partial charge is 0.480 e. The molecule has 0 fully saturated rings. The van der Waals surface area contributed by atoms with E-state index in [2.05, 4.69) is 5.10 Å². The summed E-state index contributed by atoms with van der Waals surface area (Å²) in [5.41, 5.74) is 0.605. The Morgan fingerprint density at radius 2 is 1.96 bits per heavy atom. The summed E-state index contributed by atoms with van der Waals surface area (Å²) in [6, 6.07) is 5.84. The molecule has 1 aromatic carbocycles. The number of hydrogen-bond acceptors (Lipinski definition) is 4. The van der Waals surface area contributed by atoms with Crippen LogP contribution in [0.25, 0.3) is 0 Å². The van der Waals surface area contributed by atoms with E-state index in [1.165, 1.54) is 35.7 Å². The first kappa shape index (κ1) is 19.1. The second-order valence-electron chi connectivity index (χ2n) is 4.96. The van der Waals surface area contributed by atoms with Crippen LogP contribution in [0.5, 0.6) is 5.88 Å². The summed E-state index contributed by atoms with van der Waals surface area (Å²) in [6.45, 7) is 1.48. The highest BCUT2D eigenvalue weighted by Crippen LogP contribution is 2.37. The minimum absolute atomic E-state index is 0.00973. The number of nitrogens with one attached hydrogen (secondary N) is 1. The van der Waals surface area contributed by atoms with E-state index in [0.717, 1.165) is 4.90 Å². The van der Waals surface area contributed by atoms with Crippen LogP contribution in [0.2, 0.25) is 0 Å². The van der Waals surface area contributed by atoms with E-state index in [1.807, 2.05) is 0 Å². The number of alkyl halides is 3. The number of aryl methyl sites for hydroxylation is 1. The van der Waals surface area contributed by atoms with Gasteiger partial charge in [-0.3, -0.25) is 4.79 Å². The van der Waals surface area contributed by atoms with Crippen LogP contribution in [0.1, 0.15) is 5.69 Å². The quantitative estimate of drug-likeness (QED) is 0.786. The first-order valence-electron chi connectivity index (χ1n) is 7.12. The molecular formula is C15H15F4N3O2S. The van der Waals surface area contributed by atoms with Crippen molar-refractivity contribution in [3.63, 3.8) is 0 Å². The maximum absolute atomic E-state index is 13.0. The molecule has 0 aliphatic rings. The molecule has 0 saturated heterocycles. The summed E-state index contributed by atoms with van der Waals surface area (Å²) in [5.74, 6) is -2.01. The van der Waals surface area contributed by atoms with Crippen molar-refractivity contribution in [1.29, 1.82) is 0 Å². The summed E-state index contributed by atoms with van der Waals surface area (Å²) < 4.78 is 56.1.